The molecule has 2 unspecified atom stereocenters. The highest BCUT2D eigenvalue weighted by Gasteiger charge is 2.47. The highest BCUT2D eigenvalue weighted by Crippen LogP contribution is 2.27. The summed E-state index contributed by atoms with van der Waals surface area (Å²) >= 11 is 22.2. The average molecular weight is 495 g/mol. The van der Waals surface area contributed by atoms with Gasteiger partial charge in [-0.3, -0.25) is 18.7 Å². The summed E-state index contributed by atoms with van der Waals surface area (Å²) in [5.74, 6) is -3.01. The van der Waals surface area contributed by atoms with Crippen LogP contribution in [0.3, 0.4) is 0 Å². The molecule has 0 spiro atoms. The Balaban J connectivity index is 5.42. The van der Waals surface area contributed by atoms with E-state index in [1.807, 2.05) is 13.8 Å². The number of hydrogen-bond acceptors (Lipinski definition) is 6. The highest BCUT2D eigenvalue weighted by molar-refractivity contribution is 6.67. The molecule has 0 rings (SSSR count). The van der Waals surface area contributed by atoms with E-state index in [-0.39, 0.29) is 24.7 Å². The Hall–Kier alpha value is -0.600. The third kappa shape index (κ3) is 10.3. The number of esters is 1. The molecule has 0 aromatic rings. The minimum atomic E-state index is -2.14. The first-order valence-electron chi connectivity index (χ1n) is 9.01. The van der Waals surface area contributed by atoms with E-state index in [2.05, 4.69) is 5.32 Å². The predicted molar refractivity (Wildman–Crippen MR) is 112 cm³/mol. The highest BCUT2D eigenvalue weighted by atomic mass is 35.6. The smallest absolute Gasteiger partial charge is 0.328 e. The summed E-state index contributed by atoms with van der Waals surface area (Å²) in [6.07, 6.45) is -0.469. The summed E-state index contributed by atoms with van der Waals surface area (Å²) in [6, 6.07) is -1.07. The molecule has 0 saturated heterocycles. The molecule has 0 bridgehead atoms. The minimum absolute atomic E-state index is 0.00465. The number of ether oxygens (including phenoxy) is 1. The SMILES string of the molecule is CC(=O)C(CC(=O)NC(CC(C)C)C(=O)OCC(Cl)(Cl)Cl)(OCl)C(=O)CC(C)C. The predicted octanol–water partition coefficient (Wildman–Crippen LogP) is 3.93. The van der Waals surface area contributed by atoms with E-state index in [0.717, 1.165) is 6.92 Å². The molecule has 29 heavy (non-hydrogen) atoms. The molecular weight excluding hydrogens is 468 g/mol. The van der Waals surface area contributed by atoms with Gasteiger partial charge in [-0.15, -0.1) is 0 Å². The number of carbonyl (C=O) groups excluding carboxylic acids is 4. The average Bonchev–Trinajstić information content (AvgIpc) is 2.54. The maximum Gasteiger partial charge on any atom is 0.328 e. The van der Waals surface area contributed by atoms with Gasteiger partial charge in [0, 0.05) is 6.42 Å². The van der Waals surface area contributed by atoms with Gasteiger partial charge in [0.2, 0.25) is 15.3 Å². The van der Waals surface area contributed by atoms with Gasteiger partial charge < -0.3 is 10.1 Å². The first-order chi connectivity index (χ1) is 13.1. The van der Waals surface area contributed by atoms with Crippen molar-refractivity contribution in [2.45, 2.75) is 69.3 Å². The Morgan fingerprint density at radius 3 is 1.93 bits per heavy atom. The lowest BCUT2D eigenvalue weighted by Gasteiger charge is -2.27. The number of halogens is 4. The zero-order chi connectivity index (χ0) is 23.0. The van der Waals surface area contributed by atoms with Crippen LogP contribution in [0.5, 0.6) is 0 Å². The molecule has 0 fully saturated rings. The second kappa shape index (κ2) is 12.3. The topological polar surface area (TPSA) is 98.8 Å². The van der Waals surface area contributed by atoms with Gasteiger partial charge in [0.05, 0.1) is 18.3 Å². The number of carbonyl (C=O) groups is 4. The van der Waals surface area contributed by atoms with Crippen molar-refractivity contribution in [3.63, 3.8) is 0 Å². The number of rotatable bonds is 12. The fourth-order valence-corrected chi connectivity index (χ4v) is 2.90. The van der Waals surface area contributed by atoms with E-state index in [1.165, 1.54) is 0 Å². The van der Waals surface area contributed by atoms with E-state index in [9.17, 15) is 19.2 Å². The third-order valence-corrected chi connectivity index (χ3v) is 4.45. The molecule has 1 amide bonds. The van der Waals surface area contributed by atoms with Crippen LogP contribution in [0.25, 0.3) is 0 Å². The van der Waals surface area contributed by atoms with Gasteiger partial charge in [-0.25, -0.2) is 4.79 Å². The Kier molecular flexibility index (Phi) is 12.0. The van der Waals surface area contributed by atoms with E-state index in [0.29, 0.717) is 0 Å². The molecule has 2 atom stereocenters. The number of alkyl halides is 3. The molecule has 0 aliphatic rings. The molecule has 0 saturated carbocycles. The van der Waals surface area contributed by atoms with Gasteiger partial charge in [0.1, 0.15) is 12.6 Å². The second-order valence-electron chi connectivity index (χ2n) is 7.63. The molecule has 0 aliphatic carbocycles. The first-order valence-corrected chi connectivity index (χ1v) is 10.5. The summed E-state index contributed by atoms with van der Waals surface area (Å²) in [5.41, 5.74) is -2.14. The van der Waals surface area contributed by atoms with Crippen molar-refractivity contribution in [3.8, 4) is 0 Å². The van der Waals surface area contributed by atoms with Crippen molar-refractivity contribution in [1.29, 1.82) is 0 Å². The number of amides is 1. The number of hydrogen-bond donors (Lipinski definition) is 1. The van der Waals surface area contributed by atoms with Crippen LogP contribution in [-0.2, 0) is 28.2 Å². The summed E-state index contributed by atoms with van der Waals surface area (Å²) in [4.78, 5) is 49.5. The van der Waals surface area contributed by atoms with Crippen LogP contribution in [0.1, 0.15) is 53.9 Å². The normalized spacial score (nSPS) is 15.0. The van der Waals surface area contributed by atoms with Gasteiger partial charge >= 0.3 is 5.97 Å². The van der Waals surface area contributed by atoms with Gasteiger partial charge in [0.15, 0.2) is 11.6 Å². The maximum absolute atomic E-state index is 12.6. The third-order valence-electron chi connectivity index (χ3n) is 3.86. The van der Waals surface area contributed by atoms with Crippen LogP contribution in [0.15, 0.2) is 0 Å². The largest absolute Gasteiger partial charge is 0.460 e. The van der Waals surface area contributed by atoms with Crippen molar-refractivity contribution in [2.24, 2.45) is 11.8 Å². The number of ketones is 2. The lowest BCUT2D eigenvalue weighted by atomic mass is 9.85. The first kappa shape index (κ1) is 28.4. The lowest BCUT2D eigenvalue weighted by molar-refractivity contribution is -0.152. The van der Waals surface area contributed by atoms with Gasteiger partial charge in [-0.05, 0) is 25.2 Å². The van der Waals surface area contributed by atoms with Crippen LogP contribution in [-0.4, -0.2) is 45.5 Å². The summed E-state index contributed by atoms with van der Waals surface area (Å²) in [5, 5.41) is 2.45. The molecule has 0 radical (unpaired) electrons. The molecule has 1 N–H and O–H groups in total. The second-order valence-corrected chi connectivity index (χ2v) is 10.3. The van der Waals surface area contributed by atoms with E-state index >= 15 is 0 Å². The Labute approximate surface area is 191 Å². The lowest BCUT2D eigenvalue weighted by Crippen LogP contribution is -2.52. The van der Waals surface area contributed by atoms with E-state index in [4.69, 9.17) is 55.7 Å². The summed E-state index contributed by atoms with van der Waals surface area (Å²) < 4.78 is 7.82. The molecule has 0 heterocycles. The maximum atomic E-state index is 12.6. The summed E-state index contributed by atoms with van der Waals surface area (Å²) in [7, 11) is 0. The van der Waals surface area contributed by atoms with Gasteiger partial charge in [-0.2, -0.15) is 0 Å². The Morgan fingerprint density at radius 2 is 1.55 bits per heavy atom. The Morgan fingerprint density at radius 1 is 1.00 bits per heavy atom. The van der Waals surface area contributed by atoms with Crippen molar-refractivity contribution in [1.82, 2.24) is 5.32 Å². The van der Waals surface area contributed by atoms with Crippen LogP contribution >= 0.6 is 46.7 Å². The minimum Gasteiger partial charge on any atom is -0.460 e. The van der Waals surface area contributed by atoms with Crippen molar-refractivity contribution >= 4 is 70.1 Å². The zero-order valence-electron chi connectivity index (χ0n) is 17.0. The monoisotopic (exact) mass is 493 g/mol. The number of Topliss-reactive ketones (excluding diaryl/α,β-unsaturated/α-hetero) is 2. The van der Waals surface area contributed by atoms with Crippen LogP contribution in [0.4, 0.5) is 0 Å². The van der Waals surface area contributed by atoms with Gasteiger partial charge in [0.25, 0.3) is 0 Å². The Bertz CT molecular complexity index is 606. The van der Waals surface area contributed by atoms with Crippen LogP contribution < -0.4 is 5.32 Å². The van der Waals surface area contributed by atoms with Crippen molar-refractivity contribution in [2.75, 3.05) is 6.61 Å². The fourth-order valence-electron chi connectivity index (χ4n) is 2.49. The zero-order valence-corrected chi connectivity index (χ0v) is 20.0. The van der Waals surface area contributed by atoms with E-state index in [1.54, 1.807) is 13.8 Å². The molecule has 0 aliphatic heterocycles. The van der Waals surface area contributed by atoms with E-state index < -0.39 is 51.9 Å². The molecule has 0 aromatic carbocycles. The van der Waals surface area contributed by atoms with Crippen LogP contribution in [0, 0.1) is 11.8 Å². The molecule has 7 nitrogen and oxygen atoms in total. The number of nitrogens with one attached hydrogen (secondary N) is 1. The molecule has 11 heteroatoms. The van der Waals surface area contributed by atoms with Crippen molar-refractivity contribution < 1.29 is 28.2 Å². The molecular formula is C18H27Cl4NO6. The van der Waals surface area contributed by atoms with Crippen LogP contribution in [0.2, 0.25) is 0 Å². The molecule has 0 aromatic heterocycles. The molecule has 168 valence electrons. The standard InChI is InChI=1S/C18H27Cl4NO6/c1-10(2)6-13(16(27)28-9-18(19,20)21)23-15(26)8-17(29-22,12(5)24)14(25)7-11(3)4/h10-11,13H,6-9H2,1-5H3,(H,23,26). The van der Waals surface area contributed by atoms with Crippen molar-refractivity contribution in [3.05, 3.63) is 0 Å². The van der Waals surface area contributed by atoms with Gasteiger partial charge in [-0.1, -0.05) is 62.5 Å². The quantitative estimate of drug-likeness (QED) is 0.250. The fraction of sp³-hybridized carbons (Fsp3) is 0.778. The summed E-state index contributed by atoms with van der Waals surface area (Å²) in [6.45, 7) is 7.81.